The Morgan fingerprint density at radius 2 is 2.31 bits per heavy atom. The second kappa shape index (κ2) is 4.85. The maximum atomic E-state index is 4.29. The Balaban J connectivity index is 2.62. The number of nitrogens with zero attached hydrogens (tertiary/aromatic N) is 1. The number of hydrogen-bond acceptors (Lipinski definition) is 2. The molecule has 0 bridgehead atoms. The second-order valence-corrected chi connectivity index (χ2v) is 3.29. The van der Waals surface area contributed by atoms with E-state index < -0.39 is 0 Å². The first-order chi connectivity index (χ1) is 6.31. The topological polar surface area (TPSA) is 24.4 Å². The molecule has 0 amide bonds. The maximum Gasteiger partial charge on any atom is 0.0393 e. The molecule has 0 aromatic carbocycles. The Kier molecular flexibility index (Phi) is 3.74. The third kappa shape index (κ3) is 3.05. The molecule has 0 aliphatic heterocycles. The van der Waals surface area contributed by atoms with E-state index in [1.807, 2.05) is 7.05 Å². The number of nitrogens with one attached hydrogen (secondary N) is 1. The molecule has 13 heavy (non-hydrogen) atoms. The highest BCUT2D eigenvalue weighted by Gasteiger charge is 2.25. The highest BCUT2D eigenvalue weighted by Crippen LogP contribution is 2.31. The van der Waals surface area contributed by atoms with Crippen molar-refractivity contribution in [3.63, 3.8) is 0 Å². The highest BCUT2D eigenvalue weighted by atomic mass is 14.8. The first kappa shape index (κ1) is 10.0. The fourth-order valence-electron chi connectivity index (χ4n) is 1.30. The zero-order valence-corrected chi connectivity index (χ0v) is 8.51. The molecule has 1 rings (SSSR count). The smallest absolute Gasteiger partial charge is 0.0393 e. The maximum absolute atomic E-state index is 4.29. The van der Waals surface area contributed by atoms with Crippen molar-refractivity contribution in [3.05, 3.63) is 24.6 Å². The molecule has 0 spiro atoms. The molecule has 1 N–H and O–H groups in total. The molecule has 0 atom stereocenters. The molecule has 0 heterocycles. The van der Waals surface area contributed by atoms with Gasteiger partial charge in [-0.1, -0.05) is 13.5 Å². The van der Waals surface area contributed by atoms with Crippen LogP contribution in [0.2, 0.25) is 0 Å². The van der Waals surface area contributed by atoms with Crippen LogP contribution in [0, 0.1) is 5.92 Å². The van der Waals surface area contributed by atoms with Gasteiger partial charge in [-0.15, -0.1) is 0 Å². The van der Waals surface area contributed by atoms with Crippen LogP contribution in [-0.2, 0) is 0 Å². The number of aliphatic imine (C=N–C) groups is 1. The molecule has 0 saturated heterocycles. The molecule has 2 heteroatoms. The van der Waals surface area contributed by atoms with Gasteiger partial charge in [-0.05, 0) is 31.5 Å². The summed E-state index contributed by atoms with van der Waals surface area (Å²) in [7, 11) is 1.87. The van der Waals surface area contributed by atoms with Crippen molar-refractivity contribution in [1.29, 1.82) is 0 Å². The number of allylic oxidation sites excluding steroid dienone is 2. The second-order valence-electron chi connectivity index (χ2n) is 3.29. The van der Waals surface area contributed by atoms with Crippen LogP contribution >= 0.6 is 0 Å². The average Bonchev–Trinajstić information content (AvgIpc) is 2.95. The van der Waals surface area contributed by atoms with Gasteiger partial charge in [0.25, 0.3) is 0 Å². The first-order valence-electron chi connectivity index (χ1n) is 4.86. The molecule has 1 aliphatic rings. The number of rotatable bonds is 5. The van der Waals surface area contributed by atoms with E-state index in [1.165, 1.54) is 24.3 Å². The Labute approximate surface area is 80.4 Å². The molecule has 1 fully saturated rings. The summed E-state index contributed by atoms with van der Waals surface area (Å²) in [5.74, 6) is 0.721. The minimum absolute atomic E-state index is 0.721. The average molecular weight is 178 g/mol. The molecule has 0 aromatic heterocycles. The van der Waals surface area contributed by atoms with Crippen molar-refractivity contribution in [2.24, 2.45) is 10.9 Å². The van der Waals surface area contributed by atoms with Gasteiger partial charge in [0.2, 0.25) is 0 Å². The molecular formula is C11H18N2. The SMILES string of the molecule is C=CN/C(=C/C(=NC)C1CC1)CC. The normalized spacial score (nSPS) is 18.6. The van der Waals surface area contributed by atoms with Crippen molar-refractivity contribution in [1.82, 2.24) is 5.32 Å². The summed E-state index contributed by atoms with van der Waals surface area (Å²) >= 11 is 0. The van der Waals surface area contributed by atoms with Gasteiger partial charge < -0.3 is 5.32 Å². The lowest BCUT2D eigenvalue weighted by Gasteiger charge is -2.04. The predicted octanol–water partition coefficient (Wildman–Crippen LogP) is 2.49. The van der Waals surface area contributed by atoms with E-state index in [0.717, 1.165) is 12.3 Å². The fourth-order valence-corrected chi connectivity index (χ4v) is 1.30. The van der Waals surface area contributed by atoms with Gasteiger partial charge in [0.05, 0.1) is 0 Å². The molecular weight excluding hydrogens is 160 g/mol. The predicted molar refractivity (Wildman–Crippen MR) is 57.8 cm³/mol. The minimum atomic E-state index is 0.721. The van der Waals surface area contributed by atoms with Gasteiger partial charge in [-0.25, -0.2) is 0 Å². The Bertz CT molecular complexity index is 234. The van der Waals surface area contributed by atoms with E-state index in [1.54, 1.807) is 6.20 Å². The molecule has 1 saturated carbocycles. The van der Waals surface area contributed by atoms with Crippen LogP contribution in [-0.4, -0.2) is 12.8 Å². The van der Waals surface area contributed by atoms with Crippen LogP contribution < -0.4 is 5.32 Å². The van der Waals surface area contributed by atoms with Crippen molar-refractivity contribution in [3.8, 4) is 0 Å². The van der Waals surface area contributed by atoms with Gasteiger partial charge in [0.15, 0.2) is 0 Å². The van der Waals surface area contributed by atoms with Crippen molar-refractivity contribution < 1.29 is 0 Å². The lowest BCUT2D eigenvalue weighted by atomic mass is 10.2. The Hall–Kier alpha value is -1.05. The van der Waals surface area contributed by atoms with Crippen LogP contribution in [0.4, 0.5) is 0 Å². The summed E-state index contributed by atoms with van der Waals surface area (Å²) in [5.41, 5.74) is 2.42. The van der Waals surface area contributed by atoms with Crippen LogP contribution in [0.15, 0.2) is 29.5 Å². The zero-order chi connectivity index (χ0) is 9.68. The summed E-state index contributed by atoms with van der Waals surface area (Å²) < 4.78 is 0. The van der Waals surface area contributed by atoms with E-state index in [0.29, 0.717) is 0 Å². The summed E-state index contributed by atoms with van der Waals surface area (Å²) in [4.78, 5) is 4.29. The lowest BCUT2D eigenvalue weighted by molar-refractivity contribution is 0.945. The van der Waals surface area contributed by atoms with Crippen LogP contribution in [0.25, 0.3) is 0 Å². The minimum Gasteiger partial charge on any atom is -0.366 e. The van der Waals surface area contributed by atoms with Crippen LogP contribution in [0.1, 0.15) is 26.2 Å². The quantitative estimate of drug-likeness (QED) is 0.643. The molecule has 1 aliphatic carbocycles. The first-order valence-corrected chi connectivity index (χ1v) is 4.86. The van der Waals surface area contributed by atoms with E-state index in [4.69, 9.17) is 0 Å². The lowest BCUT2D eigenvalue weighted by Crippen LogP contribution is -2.07. The van der Waals surface area contributed by atoms with Crippen molar-refractivity contribution in [2.75, 3.05) is 7.05 Å². The summed E-state index contributed by atoms with van der Waals surface area (Å²) in [6.45, 7) is 5.78. The van der Waals surface area contributed by atoms with Gasteiger partial charge in [-0.2, -0.15) is 0 Å². The molecule has 0 unspecified atom stereocenters. The standard InChI is InChI=1S/C11H18N2/c1-4-10(13-5-2)8-11(12-3)9-6-7-9/h5,8-9,13H,2,4,6-7H2,1,3H3/b10-8+,12-11?. The van der Waals surface area contributed by atoms with Gasteiger partial charge in [-0.3, -0.25) is 4.99 Å². The van der Waals surface area contributed by atoms with Crippen molar-refractivity contribution >= 4 is 5.71 Å². The summed E-state index contributed by atoms with van der Waals surface area (Å²) in [6.07, 6.45) is 7.47. The van der Waals surface area contributed by atoms with Gasteiger partial charge >= 0.3 is 0 Å². The largest absolute Gasteiger partial charge is 0.366 e. The van der Waals surface area contributed by atoms with Gasteiger partial charge in [0, 0.05) is 24.4 Å². The molecule has 0 aromatic rings. The fraction of sp³-hybridized carbons (Fsp3) is 0.545. The summed E-state index contributed by atoms with van der Waals surface area (Å²) in [5, 5.41) is 3.12. The van der Waals surface area contributed by atoms with Crippen molar-refractivity contribution in [2.45, 2.75) is 26.2 Å². The summed E-state index contributed by atoms with van der Waals surface area (Å²) in [6, 6.07) is 0. The highest BCUT2D eigenvalue weighted by molar-refractivity contribution is 5.98. The van der Waals surface area contributed by atoms with Gasteiger partial charge in [0.1, 0.15) is 0 Å². The van der Waals surface area contributed by atoms with E-state index in [-0.39, 0.29) is 0 Å². The monoisotopic (exact) mass is 178 g/mol. The van der Waals surface area contributed by atoms with E-state index in [9.17, 15) is 0 Å². The van der Waals surface area contributed by atoms with Crippen LogP contribution in [0.3, 0.4) is 0 Å². The number of hydrogen-bond donors (Lipinski definition) is 1. The third-order valence-corrected chi connectivity index (χ3v) is 2.24. The molecule has 72 valence electrons. The Morgan fingerprint density at radius 3 is 2.69 bits per heavy atom. The van der Waals surface area contributed by atoms with Crippen LogP contribution in [0.5, 0.6) is 0 Å². The third-order valence-electron chi connectivity index (χ3n) is 2.24. The molecule has 2 nitrogen and oxygen atoms in total. The van der Waals surface area contributed by atoms with E-state index >= 15 is 0 Å². The van der Waals surface area contributed by atoms with E-state index in [2.05, 4.69) is 29.9 Å². The molecule has 0 radical (unpaired) electrons. The Morgan fingerprint density at radius 1 is 1.62 bits per heavy atom. The zero-order valence-electron chi connectivity index (χ0n) is 8.51.